The fourth-order valence-corrected chi connectivity index (χ4v) is 1.51. The highest BCUT2D eigenvalue weighted by atomic mass is 32.1. The molecule has 0 aromatic heterocycles. The molecule has 92 valence electrons. The van der Waals surface area contributed by atoms with Crippen LogP contribution in [0.2, 0.25) is 0 Å². The van der Waals surface area contributed by atoms with E-state index in [0.29, 0.717) is 11.3 Å². The van der Waals surface area contributed by atoms with Crippen LogP contribution >= 0.6 is 12.2 Å². The maximum absolute atomic E-state index is 13.3. The SMILES string of the molecule is NC(=S)c1ccc(Oc2cc(F)ccc2F)cc1. The molecule has 2 aromatic carbocycles. The Hall–Kier alpha value is -2.01. The van der Waals surface area contributed by atoms with E-state index in [9.17, 15) is 8.78 Å². The first-order valence-electron chi connectivity index (χ1n) is 5.09. The van der Waals surface area contributed by atoms with Crippen molar-refractivity contribution in [1.82, 2.24) is 0 Å². The summed E-state index contributed by atoms with van der Waals surface area (Å²) in [5.74, 6) is -0.987. The van der Waals surface area contributed by atoms with Gasteiger partial charge in [0, 0.05) is 11.6 Å². The van der Waals surface area contributed by atoms with Gasteiger partial charge in [0.25, 0.3) is 0 Å². The average Bonchev–Trinajstić information content (AvgIpc) is 2.34. The molecule has 2 aromatic rings. The summed E-state index contributed by atoms with van der Waals surface area (Å²) in [6.45, 7) is 0. The zero-order valence-corrected chi connectivity index (χ0v) is 10.0. The van der Waals surface area contributed by atoms with E-state index in [1.807, 2.05) is 0 Å². The van der Waals surface area contributed by atoms with E-state index >= 15 is 0 Å². The largest absolute Gasteiger partial charge is 0.454 e. The van der Waals surface area contributed by atoms with Crippen molar-refractivity contribution in [3.8, 4) is 11.5 Å². The molecule has 2 N–H and O–H groups in total. The van der Waals surface area contributed by atoms with Crippen LogP contribution in [0.4, 0.5) is 8.78 Å². The van der Waals surface area contributed by atoms with E-state index in [4.69, 9.17) is 22.7 Å². The molecule has 0 spiro atoms. The van der Waals surface area contributed by atoms with Crippen molar-refractivity contribution in [2.45, 2.75) is 0 Å². The lowest BCUT2D eigenvalue weighted by Crippen LogP contribution is -2.08. The Bertz CT molecular complexity index is 584. The van der Waals surface area contributed by atoms with Crippen molar-refractivity contribution < 1.29 is 13.5 Å². The second-order valence-electron chi connectivity index (χ2n) is 3.57. The fraction of sp³-hybridized carbons (Fsp3) is 0. The van der Waals surface area contributed by atoms with Gasteiger partial charge in [-0.25, -0.2) is 8.78 Å². The molecule has 18 heavy (non-hydrogen) atoms. The predicted octanol–water partition coefficient (Wildman–Crippen LogP) is 3.39. The molecular formula is C13H9F2NOS. The van der Waals surface area contributed by atoms with E-state index in [1.165, 1.54) is 0 Å². The number of thiocarbonyl (C=S) groups is 1. The second-order valence-corrected chi connectivity index (χ2v) is 4.01. The zero-order chi connectivity index (χ0) is 13.1. The highest BCUT2D eigenvalue weighted by molar-refractivity contribution is 7.80. The van der Waals surface area contributed by atoms with Crippen LogP contribution in [0.15, 0.2) is 42.5 Å². The van der Waals surface area contributed by atoms with E-state index in [2.05, 4.69) is 0 Å². The van der Waals surface area contributed by atoms with Crippen molar-refractivity contribution in [2.75, 3.05) is 0 Å². The van der Waals surface area contributed by atoms with Gasteiger partial charge in [0.15, 0.2) is 11.6 Å². The third kappa shape index (κ3) is 2.81. The molecule has 0 radical (unpaired) electrons. The first kappa shape index (κ1) is 12.4. The van der Waals surface area contributed by atoms with Crippen LogP contribution in [0.25, 0.3) is 0 Å². The van der Waals surface area contributed by atoms with Crippen LogP contribution in [0, 0.1) is 11.6 Å². The molecule has 5 heteroatoms. The molecule has 0 bridgehead atoms. The molecule has 0 aliphatic heterocycles. The smallest absolute Gasteiger partial charge is 0.165 e. The van der Waals surface area contributed by atoms with E-state index in [0.717, 1.165) is 18.2 Å². The molecule has 0 unspecified atom stereocenters. The Balaban J connectivity index is 2.23. The van der Waals surface area contributed by atoms with Gasteiger partial charge in [-0.2, -0.15) is 0 Å². The lowest BCUT2D eigenvalue weighted by Gasteiger charge is -2.07. The highest BCUT2D eigenvalue weighted by Crippen LogP contribution is 2.25. The molecule has 0 saturated carbocycles. The Morgan fingerprint density at radius 1 is 1.06 bits per heavy atom. The summed E-state index contributed by atoms with van der Waals surface area (Å²) in [6.07, 6.45) is 0. The van der Waals surface area contributed by atoms with Crippen LogP contribution < -0.4 is 10.5 Å². The normalized spacial score (nSPS) is 10.1. The average molecular weight is 265 g/mol. The number of rotatable bonds is 3. The molecule has 0 atom stereocenters. The lowest BCUT2D eigenvalue weighted by atomic mass is 10.2. The fourth-order valence-electron chi connectivity index (χ4n) is 1.37. The van der Waals surface area contributed by atoms with Crippen LogP contribution in [0.1, 0.15) is 5.56 Å². The number of benzene rings is 2. The summed E-state index contributed by atoms with van der Waals surface area (Å²) in [4.78, 5) is 0.262. The molecule has 2 rings (SSSR count). The van der Waals surface area contributed by atoms with E-state index in [1.54, 1.807) is 24.3 Å². The van der Waals surface area contributed by atoms with Gasteiger partial charge in [0.2, 0.25) is 0 Å². The molecule has 0 aliphatic carbocycles. The number of ether oxygens (including phenoxy) is 1. The summed E-state index contributed by atoms with van der Waals surface area (Å²) in [7, 11) is 0. The third-order valence-corrected chi connectivity index (χ3v) is 2.50. The zero-order valence-electron chi connectivity index (χ0n) is 9.19. The summed E-state index contributed by atoms with van der Waals surface area (Å²) >= 11 is 4.80. The minimum Gasteiger partial charge on any atom is -0.454 e. The first-order chi connectivity index (χ1) is 8.56. The number of hydrogen-bond acceptors (Lipinski definition) is 2. The predicted molar refractivity (Wildman–Crippen MR) is 68.8 cm³/mol. The topological polar surface area (TPSA) is 35.2 Å². The van der Waals surface area contributed by atoms with Gasteiger partial charge < -0.3 is 10.5 Å². The number of halogens is 2. The minimum absolute atomic E-state index is 0.168. The van der Waals surface area contributed by atoms with Gasteiger partial charge in [0.1, 0.15) is 16.6 Å². The third-order valence-electron chi connectivity index (χ3n) is 2.26. The van der Waals surface area contributed by atoms with Gasteiger partial charge in [-0.05, 0) is 36.4 Å². The first-order valence-corrected chi connectivity index (χ1v) is 5.50. The van der Waals surface area contributed by atoms with E-state index < -0.39 is 11.6 Å². The van der Waals surface area contributed by atoms with Crippen molar-refractivity contribution in [2.24, 2.45) is 5.73 Å². The van der Waals surface area contributed by atoms with Crippen LogP contribution in [-0.4, -0.2) is 4.99 Å². The number of hydrogen-bond donors (Lipinski definition) is 1. The Labute approximate surface area is 108 Å². The van der Waals surface area contributed by atoms with Gasteiger partial charge in [-0.1, -0.05) is 12.2 Å². The maximum atomic E-state index is 13.3. The monoisotopic (exact) mass is 265 g/mol. The standard InChI is InChI=1S/C13H9F2NOS/c14-9-3-6-11(15)12(7-9)17-10-4-1-8(2-5-10)13(16)18/h1-7H,(H2,16,18). The van der Waals surface area contributed by atoms with Crippen LogP contribution in [-0.2, 0) is 0 Å². The molecule has 0 heterocycles. The summed E-state index contributed by atoms with van der Waals surface area (Å²) < 4.78 is 31.5. The summed E-state index contributed by atoms with van der Waals surface area (Å²) in [6, 6.07) is 9.48. The molecular weight excluding hydrogens is 256 g/mol. The molecule has 0 amide bonds. The van der Waals surface area contributed by atoms with Crippen molar-refractivity contribution in [3.63, 3.8) is 0 Å². The number of nitrogens with two attached hydrogens (primary N) is 1. The maximum Gasteiger partial charge on any atom is 0.165 e. The van der Waals surface area contributed by atoms with Gasteiger partial charge in [0.05, 0.1) is 0 Å². The van der Waals surface area contributed by atoms with Crippen LogP contribution in [0.5, 0.6) is 11.5 Å². The summed E-state index contributed by atoms with van der Waals surface area (Å²) in [5.41, 5.74) is 6.12. The molecule has 0 fully saturated rings. The molecule has 2 nitrogen and oxygen atoms in total. The Kier molecular flexibility index (Phi) is 3.53. The van der Waals surface area contributed by atoms with Crippen molar-refractivity contribution in [3.05, 3.63) is 59.7 Å². The Morgan fingerprint density at radius 3 is 2.33 bits per heavy atom. The summed E-state index contributed by atoms with van der Waals surface area (Å²) in [5, 5.41) is 0. The highest BCUT2D eigenvalue weighted by Gasteiger charge is 2.06. The van der Waals surface area contributed by atoms with Gasteiger partial charge >= 0.3 is 0 Å². The van der Waals surface area contributed by atoms with Crippen LogP contribution in [0.3, 0.4) is 0 Å². The molecule has 0 saturated heterocycles. The van der Waals surface area contributed by atoms with Crippen molar-refractivity contribution in [1.29, 1.82) is 0 Å². The van der Waals surface area contributed by atoms with Crippen molar-refractivity contribution >= 4 is 17.2 Å². The van der Waals surface area contributed by atoms with Gasteiger partial charge in [-0.3, -0.25) is 0 Å². The quantitative estimate of drug-likeness (QED) is 0.864. The lowest BCUT2D eigenvalue weighted by molar-refractivity contribution is 0.436. The van der Waals surface area contributed by atoms with E-state index in [-0.39, 0.29) is 10.7 Å². The Morgan fingerprint density at radius 2 is 1.72 bits per heavy atom. The van der Waals surface area contributed by atoms with Gasteiger partial charge in [-0.15, -0.1) is 0 Å². The molecule has 0 aliphatic rings. The second kappa shape index (κ2) is 5.10. The minimum atomic E-state index is -0.630.